The van der Waals surface area contributed by atoms with Gasteiger partial charge in [-0.25, -0.2) is 9.59 Å². The normalized spacial score (nSPS) is 16.0. The lowest BCUT2D eigenvalue weighted by atomic mass is 9.85. The van der Waals surface area contributed by atoms with Crippen molar-refractivity contribution in [1.82, 2.24) is 10.6 Å². The SMILES string of the molecule is C=CC(=O)NC1CCC1.C=CC(=O)OCCOCCOC.[3H]C(P)OC(=O)C(CC)CC(CC(C)C(=O)NC1CCC1)C(=O)OCCOCCOC.[3H]C(P)OC(=O)C=C. The fourth-order valence-electron chi connectivity index (χ4n) is 4.65. The second-order valence-corrected chi connectivity index (χ2v) is 13.3. The number of nitrogens with one attached hydrogen (secondary N) is 2. The Kier molecular flexibility index (Phi) is 35.7. The molecule has 2 rings (SSSR count). The molecule has 0 aromatic rings. The van der Waals surface area contributed by atoms with Gasteiger partial charge in [0.05, 0.1) is 54.2 Å². The molecule has 2 aliphatic rings. The Hall–Kier alpha value is -3.26. The number of esters is 4. The topological polar surface area (TPSA) is 200 Å². The molecule has 2 N–H and O–H groups in total. The Bertz CT molecular complexity index is 1260. The molecule has 0 aliphatic heterocycles. The Morgan fingerprint density at radius 2 is 1.12 bits per heavy atom. The Morgan fingerprint density at radius 1 is 0.655 bits per heavy atom. The summed E-state index contributed by atoms with van der Waals surface area (Å²) in [7, 11) is 7.27. The smallest absolute Gasteiger partial charge is 0.330 e. The van der Waals surface area contributed by atoms with E-state index in [0.29, 0.717) is 45.5 Å². The monoisotopic (exact) mass is 868 g/mol. The van der Waals surface area contributed by atoms with Crippen LogP contribution < -0.4 is 10.6 Å². The molecule has 0 aromatic heterocycles. The van der Waals surface area contributed by atoms with E-state index in [-0.39, 0.29) is 50.5 Å². The van der Waals surface area contributed by atoms with Crippen molar-refractivity contribution >= 4 is 54.2 Å². The van der Waals surface area contributed by atoms with Gasteiger partial charge in [-0.3, -0.25) is 19.2 Å². The molecule has 7 atom stereocenters. The molecular formula is C40H70N2O14P2. The van der Waals surface area contributed by atoms with Gasteiger partial charge in [0, 0.05) is 44.4 Å². The highest BCUT2D eigenvalue weighted by atomic mass is 31.0. The first-order valence-electron chi connectivity index (χ1n) is 20.5. The van der Waals surface area contributed by atoms with Crippen LogP contribution in [0.5, 0.6) is 0 Å². The summed E-state index contributed by atoms with van der Waals surface area (Å²) < 4.78 is 53.3. The number of ether oxygens (including phenoxy) is 8. The maximum Gasteiger partial charge on any atom is 0.330 e. The summed E-state index contributed by atoms with van der Waals surface area (Å²) in [5.74, 6) is -3.68. The Labute approximate surface area is 352 Å². The fraction of sp³-hybridized carbons (Fsp3) is 0.700. The summed E-state index contributed by atoms with van der Waals surface area (Å²) in [6.45, 7) is 16.3. The van der Waals surface area contributed by atoms with Crippen LogP contribution >= 0.6 is 18.5 Å². The Balaban J connectivity index is 0. The summed E-state index contributed by atoms with van der Waals surface area (Å²) in [5, 5.41) is 5.82. The van der Waals surface area contributed by atoms with Gasteiger partial charge in [0.15, 0.2) is 0 Å². The molecule has 0 radical (unpaired) electrons. The van der Waals surface area contributed by atoms with Crippen LogP contribution in [0.2, 0.25) is 0 Å². The maximum atomic E-state index is 12.7. The zero-order valence-corrected chi connectivity index (χ0v) is 37.1. The van der Waals surface area contributed by atoms with Crippen LogP contribution in [-0.4, -0.2) is 127 Å². The number of carbonyl (C=O) groups excluding carboxylic acids is 6. The fourth-order valence-corrected chi connectivity index (χ4v) is 4.92. The highest BCUT2D eigenvalue weighted by molar-refractivity contribution is 7.16. The predicted octanol–water partition coefficient (Wildman–Crippen LogP) is 4.06. The van der Waals surface area contributed by atoms with E-state index in [1.807, 2.05) is 16.2 Å². The van der Waals surface area contributed by atoms with Crippen molar-refractivity contribution in [3.63, 3.8) is 0 Å². The first-order valence-corrected chi connectivity index (χ1v) is 20.6. The first-order chi connectivity index (χ1) is 28.6. The number of methoxy groups -OCH3 is 2. The lowest BCUT2D eigenvalue weighted by molar-refractivity contribution is -0.154. The molecule has 0 heterocycles. The van der Waals surface area contributed by atoms with Crippen molar-refractivity contribution < 1.29 is 69.4 Å². The second-order valence-electron chi connectivity index (χ2n) is 12.8. The molecule has 2 saturated carbocycles. The predicted molar refractivity (Wildman–Crippen MR) is 226 cm³/mol. The van der Waals surface area contributed by atoms with Crippen molar-refractivity contribution in [3.8, 4) is 0 Å². The van der Waals surface area contributed by atoms with Crippen LogP contribution in [0.15, 0.2) is 38.0 Å². The number of hydrogen-bond acceptors (Lipinski definition) is 14. The van der Waals surface area contributed by atoms with Gasteiger partial charge in [-0.05, 0) is 63.9 Å². The van der Waals surface area contributed by atoms with E-state index < -0.39 is 54.3 Å². The third-order valence-corrected chi connectivity index (χ3v) is 8.68. The molecule has 2 aliphatic carbocycles. The quantitative estimate of drug-likeness (QED) is 0.0394. The van der Waals surface area contributed by atoms with Gasteiger partial charge in [-0.1, -0.05) is 52.1 Å². The van der Waals surface area contributed by atoms with E-state index in [2.05, 4.69) is 49.1 Å². The average molecular weight is 869 g/mol. The van der Waals surface area contributed by atoms with Crippen LogP contribution in [0, 0.1) is 17.8 Å². The summed E-state index contributed by atoms with van der Waals surface area (Å²) >= 11 is 0. The average Bonchev–Trinajstić information content (AvgIpc) is 3.18. The molecule has 58 heavy (non-hydrogen) atoms. The van der Waals surface area contributed by atoms with Gasteiger partial charge in [0.1, 0.15) is 25.9 Å². The van der Waals surface area contributed by atoms with Crippen LogP contribution in [-0.2, 0) is 66.7 Å². The molecule has 7 unspecified atom stereocenters. The maximum absolute atomic E-state index is 12.7. The van der Waals surface area contributed by atoms with Crippen molar-refractivity contribution in [2.24, 2.45) is 17.8 Å². The summed E-state index contributed by atoms with van der Waals surface area (Å²) in [4.78, 5) is 68.7. The van der Waals surface area contributed by atoms with E-state index in [1.165, 1.54) is 12.5 Å². The number of rotatable bonds is 27. The molecule has 0 spiro atoms. The van der Waals surface area contributed by atoms with Crippen molar-refractivity contribution in [2.45, 2.75) is 83.7 Å². The number of hydrogen-bond donors (Lipinski definition) is 2. The molecule has 18 heteroatoms. The molecule has 16 nitrogen and oxygen atoms in total. The third-order valence-electron chi connectivity index (χ3n) is 8.41. The summed E-state index contributed by atoms with van der Waals surface area (Å²) in [6.07, 6.45) is 9.09. The minimum absolute atomic E-state index is 0.0419. The molecule has 0 bridgehead atoms. The highest BCUT2D eigenvalue weighted by Gasteiger charge is 2.32. The molecule has 0 aromatic carbocycles. The zero-order valence-electron chi connectivity index (χ0n) is 36.8. The van der Waals surface area contributed by atoms with Gasteiger partial charge in [0.2, 0.25) is 11.8 Å². The molecule has 2 fully saturated rings. The second kappa shape index (κ2) is 39.2. The van der Waals surface area contributed by atoms with Crippen LogP contribution in [0.3, 0.4) is 0 Å². The van der Waals surface area contributed by atoms with E-state index in [9.17, 15) is 28.8 Å². The van der Waals surface area contributed by atoms with E-state index in [0.717, 1.165) is 44.3 Å². The summed E-state index contributed by atoms with van der Waals surface area (Å²) in [5.41, 5.74) is 0. The van der Waals surface area contributed by atoms with Gasteiger partial charge < -0.3 is 48.5 Å². The largest absolute Gasteiger partial charge is 0.463 e. The number of amides is 2. The van der Waals surface area contributed by atoms with E-state index in [1.54, 1.807) is 21.1 Å². The van der Waals surface area contributed by atoms with Gasteiger partial charge in [0.25, 0.3) is 0 Å². The molecule has 2 amide bonds. The minimum atomic E-state index is -1.05. The van der Waals surface area contributed by atoms with Gasteiger partial charge in [-0.15, -0.1) is 0 Å². The highest BCUT2D eigenvalue weighted by Crippen LogP contribution is 2.26. The zero-order chi connectivity index (χ0) is 45.7. The Morgan fingerprint density at radius 3 is 1.53 bits per heavy atom. The van der Waals surface area contributed by atoms with Crippen LogP contribution in [0.1, 0.15) is 74.4 Å². The van der Waals surface area contributed by atoms with E-state index in [4.69, 9.17) is 31.2 Å². The van der Waals surface area contributed by atoms with Crippen molar-refractivity contribution in [3.05, 3.63) is 38.0 Å². The van der Waals surface area contributed by atoms with Crippen molar-refractivity contribution in [2.75, 3.05) is 79.7 Å². The first kappa shape index (κ1) is 52.8. The standard InChI is InChI=1S/C21H38NO7P.C8H14O4.C7H11NO.C4H7O2P/c1-4-16(20(24)29-14-30)13-17(21(25)28-11-10-27-9-8-26-3)12-15(2)19(23)22-18-6-5-7-18;1-3-8(9)12-7-6-11-5-4-10-2;1-2-7(9)8-6-4-3-5-6;1-2-4(5)6-3-7/h15-18H,4-14,30H2,1-3H3,(H,22,23);3H,1,4-7H2,2H3;2,6H,1,3-5H2,(H,8,9);2H,1,3,7H2/i14T;;;3T. The summed E-state index contributed by atoms with van der Waals surface area (Å²) in [6, 6.07) is 0.662. The third kappa shape index (κ3) is 31.7. The molecule has 334 valence electrons. The lowest BCUT2D eigenvalue weighted by Crippen LogP contribution is -2.42. The van der Waals surface area contributed by atoms with Gasteiger partial charge >= 0.3 is 23.9 Å². The number of carbonyl (C=O) groups is 6. The van der Waals surface area contributed by atoms with Crippen molar-refractivity contribution in [1.29, 1.82) is 0 Å². The molecular weight excluding hydrogens is 794 g/mol. The minimum Gasteiger partial charge on any atom is -0.463 e. The lowest BCUT2D eigenvalue weighted by Gasteiger charge is -2.29. The van der Waals surface area contributed by atoms with E-state index >= 15 is 0 Å². The van der Waals surface area contributed by atoms with Gasteiger partial charge in [-0.2, -0.15) is 0 Å². The van der Waals surface area contributed by atoms with Crippen LogP contribution in [0.4, 0.5) is 0 Å². The molecule has 0 saturated heterocycles. The van der Waals surface area contributed by atoms with Crippen LogP contribution in [0.25, 0.3) is 0 Å².